The normalized spacial score (nSPS) is 16.0. The Bertz CT molecular complexity index is 1410. The monoisotopic (exact) mass is 581 g/mol. The van der Waals surface area contributed by atoms with Crippen molar-refractivity contribution in [1.29, 1.82) is 0 Å². The lowest BCUT2D eigenvalue weighted by molar-refractivity contribution is -0.145. The Morgan fingerprint density at radius 2 is 1.83 bits per heavy atom. The molecule has 0 unspecified atom stereocenters. The first-order valence-corrected chi connectivity index (χ1v) is 14.3. The molecule has 0 saturated heterocycles. The highest BCUT2D eigenvalue weighted by Gasteiger charge is 2.32. The number of aliphatic hydroxyl groups excluding tert-OH is 1. The van der Waals surface area contributed by atoms with E-state index < -0.39 is 18.1 Å². The van der Waals surface area contributed by atoms with E-state index in [1.54, 1.807) is 12.1 Å². The first kappa shape index (κ1) is 29.0. The zero-order valence-corrected chi connectivity index (χ0v) is 24.1. The van der Waals surface area contributed by atoms with E-state index in [4.69, 9.17) is 30.5 Å². The van der Waals surface area contributed by atoms with Gasteiger partial charge in [-0.1, -0.05) is 42.3 Å². The number of carboxylic acid groups (broad SMARTS) is 1. The number of benzene rings is 3. The molecule has 5 rings (SSSR count). The molecule has 8 nitrogen and oxygen atoms in total. The van der Waals surface area contributed by atoms with Crippen LogP contribution in [-0.4, -0.2) is 48.1 Å². The molecule has 1 fully saturated rings. The third kappa shape index (κ3) is 6.56. The summed E-state index contributed by atoms with van der Waals surface area (Å²) in [5.74, 6) is 1.92. The average molecular weight is 582 g/mol. The van der Waals surface area contributed by atoms with E-state index in [-0.39, 0.29) is 6.54 Å². The summed E-state index contributed by atoms with van der Waals surface area (Å²) in [6.45, 7) is 5.05. The van der Waals surface area contributed by atoms with Crippen LogP contribution in [-0.2, 0) is 17.9 Å². The van der Waals surface area contributed by atoms with Crippen molar-refractivity contribution in [2.75, 3.05) is 26.4 Å². The van der Waals surface area contributed by atoms with Crippen LogP contribution in [0, 0.1) is 12.8 Å². The van der Waals surface area contributed by atoms with Crippen molar-refractivity contribution in [2.45, 2.75) is 51.8 Å². The second-order valence-electron chi connectivity index (χ2n) is 10.9. The molecule has 0 amide bonds. The molecule has 3 N–H and O–H groups in total. The van der Waals surface area contributed by atoms with Gasteiger partial charge in [0.2, 0.25) is 0 Å². The molecule has 3 aromatic rings. The number of hydrogen-bond donors (Lipinski definition) is 3. The molecule has 1 heterocycles. The summed E-state index contributed by atoms with van der Waals surface area (Å²) in [5, 5.41) is 22.5. The topological polar surface area (TPSA) is 106 Å². The van der Waals surface area contributed by atoms with Gasteiger partial charge in [-0.05, 0) is 73.1 Å². The van der Waals surface area contributed by atoms with Crippen LogP contribution in [0.4, 0.5) is 0 Å². The Hall–Kier alpha value is -3.46. The van der Waals surface area contributed by atoms with Gasteiger partial charge in [0.05, 0.1) is 18.2 Å². The molecule has 3 aromatic carbocycles. The molecule has 9 heteroatoms. The summed E-state index contributed by atoms with van der Waals surface area (Å²) in [4.78, 5) is 11.7. The van der Waals surface area contributed by atoms with Crippen LogP contribution in [0.25, 0.3) is 11.1 Å². The molecule has 0 radical (unpaired) electrons. The minimum absolute atomic E-state index is 0.153. The Morgan fingerprint density at radius 3 is 2.54 bits per heavy atom. The Morgan fingerprint density at radius 1 is 1.05 bits per heavy atom. The fourth-order valence-corrected chi connectivity index (χ4v) is 5.08. The van der Waals surface area contributed by atoms with Gasteiger partial charge in [-0.2, -0.15) is 0 Å². The van der Waals surface area contributed by atoms with Gasteiger partial charge >= 0.3 is 5.97 Å². The van der Waals surface area contributed by atoms with Gasteiger partial charge in [-0.3, -0.25) is 10.1 Å². The van der Waals surface area contributed by atoms with Crippen LogP contribution in [0.3, 0.4) is 0 Å². The van der Waals surface area contributed by atoms with Crippen LogP contribution in [0.1, 0.15) is 42.9 Å². The van der Waals surface area contributed by atoms with Crippen molar-refractivity contribution in [3.63, 3.8) is 0 Å². The maximum atomic E-state index is 11.7. The Kier molecular flexibility index (Phi) is 8.92. The number of hydrogen-bond acceptors (Lipinski definition) is 7. The molecular weight excluding hydrogens is 546 g/mol. The predicted octanol–water partition coefficient (Wildman–Crippen LogP) is 5.77. The highest BCUT2D eigenvalue weighted by Crippen LogP contribution is 2.38. The highest BCUT2D eigenvalue weighted by atomic mass is 35.5. The van der Waals surface area contributed by atoms with E-state index in [0.717, 1.165) is 46.6 Å². The number of fused-ring (bicyclic) bond motifs is 1. The van der Waals surface area contributed by atoms with E-state index in [1.807, 2.05) is 30.3 Å². The van der Waals surface area contributed by atoms with Crippen molar-refractivity contribution < 1.29 is 34.0 Å². The fourth-order valence-electron chi connectivity index (χ4n) is 4.83. The molecule has 0 aromatic heterocycles. The number of aliphatic hydroxyl groups is 1. The van der Waals surface area contributed by atoms with E-state index in [0.29, 0.717) is 54.4 Å². The van der Waals surface area contributed by atoms with Gasteiger partial charge in [0, 0.05) is 18.2 Å². The first-order chi connectivity index (χ1) is 19.8. The SMILES string of the molecule is Cc1c(COc2cc(OCC3CCC3)c(CN[C@](C)(CO)C(=O)O)cc2Cl)cccc1-c1ccc2c(c1)OCCO2. The lowest BCUT2D eigenvalue weighted by Crippen LogP contribution is -2.52. The summed E-state index contributed by atoms with van der Waals surface area (Å²) in [5.41, 5.74) is 3.40. The fraction of sp³-hybridized carbons (Fsp3) is 0.406. The number of halogens is 1. The van der Waals surface area contributed by atoms with Gasteiger partial charge in [0.15, 0.2) is 11.5 Å². The van der Waals surface area contributed by atoms with Crippen molar-refractivity contribution in [3.8, 4) is 34.1 Å². The lowest BCUT2D eigenvalue weighted by Gasteiger charge is -2.27. The summed E-state index contributed by atoms with van der Waals surface area (Å²) in [6.07, 6.45) is 3.46. The van der Waals surface area contributed by atoms with Crippen LogP contribution in [0.15, 0.2) is 48.5 Å². The minimum Gasteiger partial charge on any atom is -0.493 e. The number of carboxylic acids is 1. The van der Waals surface area contributed by atoms with Crippen molar-refractivity contribution in [3.05, 3.63) is 70.2 Å². The van der Waals surface area contributed by atoms with E-state index in [1.165, 1.54) is 13.3 Å². The predicted molar refractivity (Wildman–Crippen MR) is 156 cm³/mol. The third-order valence-electron chi connectivity index (χ3n) is 7.95. The molecule has 2 aliphatic rings. The van der Waals surface area contributed by atoms with Crippen LogP contribution in [0.2, 0.25) is 5.02 Å². The maximum Gasteiger partial charge on any atom is 0.326 e. The van der Waals surface area contributed by atoms with Gasteiger partial charge in [-0.15, -0.1) is 0 Å². The quantitative estimate of drug-likeness (QED) is 0.247. The van der Waals surface area contributed by atoms with E-state index in [9.17, 15) is 15.0 Å². The first-order valence-electron chi connectivity index (χ1n) is 13.9. The van der Waals surface area contributed by atoms with E-state index in [2.05, 4.69) is 18.3 Å². The smallest absolute Gasteiger partial charge is 0.326 e. The van der Waals surface area contributed by atoms with Crippen molar-refractivity contribution in [2.24, 2.45) is 5.92 Å². The second-order valence-corrected chi connectivity index (χ2v) is 11.3. The standard InChI is InChI=1S/C32H36ClNO7/c1-20-23(7-4-8-25(20)22-9-10-27-30(14-22)39-12-11-38-27)18-41-29-15-28(40-17-21-5-3-6-21)24(13-26(29)33)16-34-32(2,19-35)31(36)37/h4,7-10,13-15,21,34-35H,3,5-6,11-12,16-19H2,1-2H3,(H,36,37)/t32-/m1/s1. The molecule has 218 valence electrons. The van der Waals surface area contributed by atoms with Crippen LogP contribution in [0.5, 0.6) is 23.0 Å². The number of rotatable bonds is 12. The Labute approximate surface area is 245 Å². The summed E-state index contributed by atoms with van der Waals surface area (Å²) < 4.78 is 23.8. The highest BCUT2D eigenvalue weighted by molar-refractivity contribution is 6.32. The molecule has 1 atom stereocenters. The van der Waals surface area contributed by atoms with Gasteiger partial charge < -0.3 is 29.2 Å². The molecule has 0 spiro atoms. The van der Waals surface area contributed by atoms with Crippen molar-refractivity contribution >= 4 is 17.6 Å². The Balaban J connectivity index is 1.35. The molecule has 1 saturated carbocycles. The number of nitrogens with one attached hydrogen (secondary N) is 1. The maximum absolute atomic E-state index is 11.7. The van der Waals surface area contributed by atoms with Crippen molar-refractivity contribution in [1.82, 2.24) is 5.32 Å². The summed E-state index contributed by atoms with van der Waals surface area (Å²) >= 11 is 6.65. The average Bonchev–Trinajstić information content (AvgIpc) is 2.95. The van der Waals surface area contributed by atoms with E-state index >= 15 is 0 Å². The van der Waals surface area contributed by atoms with Gasteiger partial charge in [0.25, 0.3) is 0 Å². The molecular formula is C32H36ClNO7. The molecule has 1 aliphatic carbocycles. The minimum atomic E-state index is -1.49. The summed E-state index contributed by atoms with van der Waals surface area (Å²) in [7, 11) is 0. The largest absolute Gasteiger partial charge is 0.493 e. The molecule has 1 aliphatic heterocycles. The van der Waals surface area contributed by atoms with Crippen LogP contribution >= 0.6 is 11.6 Å². The number of aliphatic carboxylic acids is 1. The molecule has 0 bridgehead atoms. The third-order valence-corrected chi connectivity index (χ3v) is 8.25. The lowest BCUT2D eigenvalue weighted by atomic mass is 9.86. The second kappa shape index (κ2) is 12.6. The molecule has 41 heavy (non-hydrogen) atoms. The number of carbonyl (C=O) groups is 1. The zero-order valence-electron chi connectivity index (χ0n) is 23.4. The summed E-state index contributed by atoms with van der Waals surface area (Å²) in [6, 6.07) is 15.6. The zero-order chi connectivity index (χ0) is 29.0. The van der Waals surface area contributed by atoms with Gasteiger partial charge in [-0.25, -0.2) is 0 Å². The number of ether oxygens (including phenoxy) is 4. The van der Waals surface area contributed by atoms with Gasteiger partial charge in [0.1, 0.15) is 36.9 Å². The van der Waals surface area contributed by atoms with Crippen LogP contribution < -0.4 is 24.3 Å².